The third kappa shape index (κ3) is 3.45. The molecule has 2 rings (SSSR count). The van der Waals surface area contributed by atoms with E-state index in [1.165, 1.54) is 24.9 Å². The highest BCUT2D eigenvalue weighted by Gasteiger charge is 2.16. The lowest BCUT2D eigenvalue weighted by molar-refractivity contribution is 0.211. The average Bonchev–Trinajstić information content (AvgIpc) is 2.37. The maximum atomic E-state index is 5.98. The summed E-state index contributed by atoms with van der Waals surface area (Å²) in [7, 11) is 1.73. The molecule has 0 saturated carbocycles. The van der Waals surface area contributed by atoms with Gasteiger partial charge in [-0.1, -0.05) is 18.2 Å². The predicted molar refractivity (Wildman–Crippen MR) is 70.3 cm³/mol. The zero-order valence-corrected chi connectivity index (χ0v) is 10.6. The van der Waals surface area contributed by atoms with E-state index < -0.39 is 0 Å². The summed E-state index contributed by atoms with van der Waals surface area (Å²) in [5.74, 6) is 0.994. The van der Waals surface area contributed by atoms with E-state index >= 15 is 0 Å². The molecule has 0 aliphatic carbocycles. The second-order valence-electron chi connectivity index (χ2n) is 4.76. The van der Waals surface area contributed by atoms with Crippen LogP contribution < -0.4 is 10.5 Å². The van der Waals surface area contributed by atoms with Crippen LogP contribution in [0.25, 0.3) is 0 Å². The summed E-state index contributed by atoms with van der Waals surface area (Å²) in [5, 5.41) is 0. The molecular weight excluding hydrogens is 212 g/mol. The number of para-hydroxylation sites is 1. The molecule has 3 nitrogen and oxygen atoms in total. The van der Waals surface area contributed by atoms with Crippen molar-refractivity contribution in [3.63, 3.8) is 0 Å². The minimum Gasteiger partial charge on any atom is -0.496 e. The first-order chi connectivity index (χ1) is 8.29. The van der Waals surface area contributed by atoms with Crippen molar-refractivity contribution in [1.29, 1.82) is 0 Å². The van der Waals surface area contributed by atoms with Gasteiger partial charge < -0.3 is 15.4 Å². The number of hydrogen-bond acceptors (Lipinski definition) is 3. The summed E-state index contributed by atoms with van der Waals surface area (Å²) in [6.45, 7) is 3.30. The molecule has 1 atom stereocenters. The molecule has 1 heterocycles. The molecule has 0 aromatic heterocycles. The van der Waals surface area contributed by atoms with Crippen molar-refractivity contribution in [2.75, 3.05) is 26.7 Å². The summed E-state index contributed by atoms with van der Waals surface area (Å²) in [5.41, 5.74) is 7.27. The molecule has 1 saturated heterocycles. The van der Waals surface area contributed by atoms with Crippen LogP contribution >= 0.6 is 0 Å². The van der Waals surface area contributed by atoms with Crippen molar-refractivity contribution in [2.24, 2.45) is 5.73 Å². The van der Waals surface area contributed by atoms with Gasteiger partial charge in [0.25, 0.3) is 0 Å². The highest BCUT2D eigenvalue weighted by atomic mass is 16.5. The SMILES string of the molecule is COc1ccccc1CCN1CCCC(N)C1. The van der Waals surface area contributed by atoms with Gasteiger partial charge in [0.1, 0.15) is 5.75 Å². The van der Waals surface area contributed by atoms with Gasteiger partial charge in [0.2, 0.25) is 0 Å². The third-order valence-corrected chi connectivity index (χ3v) is 3.43. The van der Waals surface area contributed by atoms with E-state index in [1.807, 2.05) is 12.1 Å². The first kappa shape index (κ1) is 12.4. The quantitative estimate of drug-likeness (QED) is 0.861. The Morgan fingerprint density at radius 2 is 2.24 bits per heavy atom. The third-order valence-electron chi connectivity index (χ3n) is 3.43. The van der Waals surface area contributed by atoms with Crippen LogP contribution in [0, 0.1) is 0 Å². The van der Waals surface area contributed by atoms with Crippen molar-refractivity contribution >= 4 is 0 Å². The molecule has 0 bridgehead atoms. The Morgan fingerprint density at radius 1 is 1.41 bits per heavy atom. The Morgan fingerprint density at radius 3 is 3.00 bits per heavy atom. The second kappa shape index (κ2) is 6.03. The summed E-state index contributed by atoms with van der Waals surface area (Å²) in [6.07, 6.45) is 3.44. The molecule has 0 spiro atoms. The fraction of sp³-hybridized carbons (Fsp3) is 0.571. The molecule has 2 N–H and O–H groups in total. The molecule has 1 aromatic rings. The van der Waals surface area contributed by atoms with Crippen molar-refractivity contribution in [1.82, 2.24) is 4.90 Å². The molecule has 0 radical (unpaired) electrons. The van der Waals surface area contributed by atoms with E-state index in [1.54, 1.807) is 7.11 Å². The van der Waals surface area contributed by atoms with Crippen LogP contribution in [0.4, 0.5) is 0 Å². The van der Waals surface area contributed by atoms with Crippen LogP contribution in [-0.2, 0) is 6.42 Å². The number of hydrogen-bond donors (Lipinski definition) is 1. The molecule has 1 unspecified atom stereocenters. The Balaban J connectivity index is 1.88. The highest BCUT2D eigenvalue weighted by Crippen LogP contribution is 2.18. The Bertz CT molecular complexity index is 354. The molecule has 3 heteroatoms. The Hall–Kier alpha value is -1.06. The largest absolute Gasteiger partial charge is 0.496 e. The number of nitrogens with zero attached hydrogens (tertiary/aromatic N) is 1. The maximum absolute atomic E-state index is 5.98. The van der Waals surface area contributed by atoms with Crippen molar-refractivity contribution < 1.29 is 4.74 Å². The first-order valence-corrected chi connectivity index (χ1v) is 6.39. The molecule has 0 amide bonds. The van der Waals surface area contributed by atoms with Crippen molar-refractivity contribution in [2.45, 2.75) is 25.3 Å². The van der Waals surface area contributed by atoms with Gasteiger partial charge in [-0.3, -0.25) is 0 Å². The van der Waals surface area contributed by atoms with Crippen LogP contribution in [-0.4, -0.2) is 37.7 Å². The standard InChI is InChI=1S/C14H22N2O/c1-17-14-7-3-2-5-12(14)8-10-16-9-4-6-13(15)11-16/h2-3,5,7,13H,4,6,8-11,15H2,1H3. The molecule has 1 aromatic carbocycles. The molecule has 94 valence electrons. The number of likely N-dealkylation sites (tertiary alicyclic amines) is 1. The highest BCUT2D eigenvalue weighted by molar-refractivity contribution is 5.33. The van der Waals surface area contributed by atoms with Gasteiger partial charge in [0.15, 0.2) is 0 Å². The summed E-state index contributed by atoms with van der Waals surface area (Å²) in [4.78, 5) is 2.46. The summed E-state index contributed by atoms with van der Waals surface area (Å²) in [6, 6.07) is 8.61. The molecular formula is C14H22N2O. The van der Waals surface area contributed by atoms with Gasteiger partial charge in [-0.25, -0.2) is 0 Å². The van der Waals surface area contributed by atoms with Gasteiger partial charge >= 0.3 is 0 Å². The van der Waals surface area contributed by atoms with E-state index in [2.05, 4.69) is 17.0 Å². The van der Waals surface area contributed by atoms with Crippen LogP contribution in [0.3, 0.4) is 0 Å². The normalized spacial score (nSPS) is 21.4. The van der Waals surface area contributed by atoms with Gasteiger partial charge in [0.05, 0.1) is 7.11 Å². The van der Waals surface area contributed by atoms with E-state index in [4.69, 9.17) is 10.5 Å². The van der Waals surface area contributed by atoms with Crippen LogP contribution in [0.2, 0.25) is 0 Å². The van der Waals surface area contributed by atoms with Gasteiger partial charge in [-0.15, -0.1) is 0 Å². The Kier molecular flexibility index (Phi) is 4.40. The molecule has 1 aliphatic rings. The zero-order valence-electron chi connectivity index (χ0n) is 10.6. The number of piperidine rings is 1. The second-order valence-corrected chi connectivity index (χ2v) is 4.76. The Labute approximate surface area is 104 Å². The topological polar surface area (TPSA) is 38.5 Å². The summed E-state index contributed by atoms with van der Waals surface area (Å²) < 4.78 is 5.36. The predicted octanol–water partition coefficient (Wildman–Crippen LogP) is 1.66. The lowest BCUT2D eigenvalue weighted by Crippen LogP contribution is -2.43. The van der Waals surface area contributed by atoms with E-state index in [0.717, 1.165) is 25.3 Å². The maximum Gasteiger partial charge on any atom is 0.122 e. The number of ether oxygens (including phenoxy) is 1. The number of benzene rings is 1. The van der Waals surface area contributed by atoms with Crippen LogP contribution in [0.1, 0.15) is 18.4 Å². The first-order valence-electron chi connectivity index (χ1n) is 6.39. The fourth-order valence-corrected chi connectivity index (χ4v) is 2.48. The molecule has 17 heavy (non-hydrogen) atoms. The average molecular weight is 234 g/mol. The van der Waals surface area contributed by atoms with Crippen molar-refractivity contribution in [3.8, 4) is 5.75 Å². The number of nitrogens with two attached hydrogens (primary N) is 1. The van der Waals surface area contributed by atoms with E-state index in [0.29, 0.717) is 6.04 Å². The minimum atomic E-state index is 0.362. The van der Waals surface area contributed by atoms with Gasteiger partial charge in [-0.05, 0) is 37.4 Å². The van der Waals surface area contributed by atoms with Crippen LogP contribution in [0.15, 0.2) is 24.3 Å². The smallest absolute Gasteiger partial charge is 0.122 e. The molecule has 1 aliphatic heterocycles. The van der Waals surface area contributed by atoms with Crippen molar-refractivity contribution in [3.05, 3.63) is 29.8 Å². The van der Waals surface area contributed by atoms with E-state index in [-0.39, 0.29) is 0 Å². The fourth-order valence-electron chi connectivity index (χ4n) is 2.48. The van der Waals surface area contributed by atoms with E-state index in [9.17, 15) is 0 Å². The number of methoxy groups -OCH3 is 1. The lowest BCUT2D eigenvalue weighted by Gasteiger charge is -2.30. The minimum absolute atomic E-state index is 0.362. The number of rotatable bonds is 4. The summed E-state index contributed by atoms with van der Waals surface area (Å²) >= 11 is 0. The van der Waals surface area contributed by atoms with Crippen LogP contribution in [0.5, 0.6) is 5.75 Å². The monoisotopic (exact) mass is 234 g/mol. The van der Waals surface area contributed by atoms with Gasteiger partial charge in [-0.2, -0.15) is 0 Å². The zero-order chi connectivity index (χ0) is 12.1. The lowest BCUT2D eigenvalue weighted by atomic mass is 10.1. The van der Waals surface area contributed by atoms with Gasteiger partial charge in [0, 0.05) is 19.1 Å². The molecule has 1 fully saturated rings.